The van der Waals surface area contributed by atoms with Crippen LogP contribution in [0.3, 0.4) is 0 Å². The number of hydrogen-bond donors (Lipinski definition) is 0. The van der Waals surface area contributed by atoms with Gasteiger partial charge in [-0.3, -0.25) is 19.2 Å². The molecular formula is C66H80N4O10. The van der Waals surface area contributed by atoms with E-state index in [4.69, 9.17) is 27.8 Å². The van der Waals surface area contributed by atoms with Gasteiger partial charge in [0.15, 0.2) is 34.6 Å². The zero-order valence-corrected chi connectivity index (χ0v) is 49.1. The topological polar surface area (TPSA) is 144 Å². The van der Waals surface area contributed by atoms with Crippen LogP contribution >= 0.6 is 0 Å². The number of fused-ring (bicyclic) bond motifs is 4. The van der Waals surface area contributed by atoms with Crippen LogP contribution in [-0.2, 0) is 22.4 Å². The highest BCUT2D eigenvalue weighted by Crippen LogP contribution is 2.57. The van der Waals surface area contributed by atoms with E-state index >= 15 is 0 Å². The quantitative estimate of drug-likeness (QED) is 0.149. The fourth-order valence-corrected chi connectivity index (χ4v) is 14.4. The van der Waals surface area contributed by atoms with E-state index in [0.717, 1.165) is 118 Å². The van der Waals surface area contributed by atoms with Gasteiger partial charge in [0, 0.05) is 99.1 Å². The van der Waals surface area contributed by atoms with E-state index in [0.29, 0.717) is 110 Å². The standard InChI is InChI=1S/2C33H40N2O5/c2*1-19-16-20(2)25(26(36)17-19)18-35-14-13-24-28(32(35)37)21(3)30-31(29(24)27-8-7-15-38-27)40-33(4,39-30)22-9-11-23(12-10-22)34(5)6/h2*7-8,15-16,22-23H,9-14,17-18H2,1-6H3/t2*22?,23?,33-/m10/s1. The van der Waals surface area contributed by atoms with Gasteiger partial charge in [0.1, 0.15) is 11.5 Å². The Morgan fingerprint density at radius 3 is 1.20 bits per heavy atom. The number of rotatable bonds is 10. The molecule has 2 fully saturated rings. The number of ketones is 2. The molecule has 12 rings (SSSR count). The van der Waals surface area contributed by atoms with Crippen LogP contribution in [0.1, 0.15) is 149 Å². The molecule has 80 heavy (non-hydrogen) atoms. The van der Waals surface area contributed by atoms with Crippen molar-refractivity contribution in [3.05, 3.63) is 116 Å². The first-order chi connectivity index (χ1) is 38.1. The van der Waals surface area contributed by atoms with E-state index in [1.54, 1.807) is 12.5 Å². The summed E-state index contributed by atoms with van der Waals surface area (Å²) in [6.07, 6.45) is 18.1. The number of nitrogens with zero attached hydrogens (tertiary/aromatic N) is 4. The summed E-state index contributed by atoms with van der Waals surface area (Å²) in [5.41, 5.74) is 11.9. The van der Waals surface area contributed by atoms with Gasteiger partial charge in [-0.15, -0.1) is 0 Å². The summed E-state index contributed by atoms with van der Waals surface area (Å²) in [7, 11) is 8.59. The number of hydrogen-bond acceptors (Lipinski definition) is 12. The smallest absolute Gasteiger partial charge is 0.254 e. The molecule has 8 aliphatic rings. The summed E-state index contributed by atoms with van der Waals surface area (Å²) in [6, 6.07) is 8.73. The summed E-state index contributed by atoms with van der Waals surface area (Å²) >= 11 is 0. The van der Waals surface area contributed by atoms with Gasteiger partial charge in [-0.05, 0) is 180 Å². The molecule has 0 spiro atoms. The molecular weight excluding hydrogens is 1010 g/mol. The molecule has 14 heteroatoms. The van der Waals surface area contributed by atoms with Crippen LogP contribution in [0.2, 0.25) is 0 Å². The highest BCUT2D eigenvalue weighted by Gasteiger charge is 2.51. The van der Waals surface area contributed by atoms with Gasteiger partial charge in [-0.1, -0.05) is 23.3 Å². The van der Waals surface area contributed by atoms with Crippen molar-refractivity contribution in [1.82, 2.24) is 19.6 Å². The molecule has 2 saturated carbocycles. The number of benzene rings is 2. The van der Waals surface area contributed by atoms with Gasteiger partial charge in [-0.2, -0.15) is 0 Å². The SMILES string of the molecule is CC1=CC(C)=C(CN2CCc3c(c(C)c4c(c3-c3ccco3)O[C@@](C)(C3CCC(N(C)C)CC3)O4)C2=O)C(=O)C1.CC1=CC(C)=C(CN2CCc3c(c(C)c4c(c3-c3ccco3)O[C@](C)(C3CCC(N(C)C)CC3)O4)C2=O)C(=O)C1. The molecule has 2 aromatic carbocycles. The van der Waals surface area contributed by atoms with Crippen LogP contribution in [0.25, 0.3) is 22.6 Å². The maximum absolute atomic E-state index is 14.1. The van der Waals surface area contributed by atoms with Crippen LogP contribution < -0.4 is 18.9 Å². The highest BCUT2D eigenvalue weighted by atomic mass is 16.7. The first-order valence-corrected chi connectivity index (χ1v) is 29.1. The minimum atomic E-state index is -0.807. The summed E-state index contributed by atoms with van der Waals surface area (Å²) in [4.78, 5) is 62.2. The third kappa shape index (κ3) is 9.85. The number of carbonyl (C=O) groups is 4. The van der Waals surface area contributed by atoms with Gasteiger partial charge in [0.05, 0.1) is 34.8 Å². The molecule has 2 amide bonds. The predicted octanol–water partition coefficient (Wildman–Crippen LogP) is 12.2. The highest BCUT2D eigenvalue weighted by molar-refractivity contribution is 6.06. The Bertz CT molecular complexity index is 3070. The van der Waals surface area contributed by atoms with Crippen LogP contribution in [0.15, 0.2) is 91.2 Å². The zero-order chi connectivity index (χ0) is 56.7. The molecule has 424 valence electrons. The maximum Gasteiger partial charge on any atom is 0.254 e. The summed E-state index contributed by atoms with van der Waals surface area (Å²) in [6.45, 7) is 17.6. The molecule has 2 atom stereocenters. The Hall–Kier alpha value is -6.64. The third-order valence-corrected chi connectivity index (χ3v) is 19.0. The van der Waals surface area contributed by atoms with Gasteiger partial charge in [-0.25, -0.2) is 0 Å². The van der Waals surface area contributed by atoms with E-state index in [1.165, 1.54) is 0 Å². The summed E-state index contributed by atoms with van der Waals surface area (Å²) in [5, 5.41) is 0. The monoisotopic (exact) mass is 1090 g/mol. The Morgan fingerprint density at radius 1 is 0.512 bits per heavy atom. The molecule has 14 nitrogen and oxygen atoms in total. The van der Waals surface area contributed by atoms with Gasteiger partial charge in [0.25, 0.3) is 23.4 Å². The van der Waals surface area contributed by atoms with Crippen LogP contribution in [0, 0.1) is 25.7 Å². The lowest BCUT2D eigenvalue weighted by atomic mass is 9.81. The lowest BCUT2D eigenvalue weighted by Gasteiger charge is -2.39. The molecule has 0 saturated heterocycles. The van der Waals surface area contributed by atoms with Crippen molar-refractivity contribution in [2.75, 3.05) is 54.4 Å². The van der Waals surface area contributed by atoms with Gasteiger partial charge in [0.2, 0.25) is 0 Å². The van der Waals surface area contributed by atoms with Crippen molar-refractivity contribution < 1.29 is 47.0 Å². The van der Waals surface area contributed by atoms with Crippen LogP contribution in [0.4, 0.5) is 0 Å². The van der Waals surface area contributed by atoms with E-state index < -0.39 is 11.6 Å². The minimum Gasteiger partial charge on any atom is -0.464 e. The Morgan fingerprint density at radius 2 is 0.875 bits per heavy atom. The molecule has 2 aromatic heterocycles. The Balaban J connectivity index is 0.000000169. The molecule has 0 bridgehead atoms. The lowest BCUT2D eigenvalue weighted by Crippen LogP contribution is -2.46. The normalized spacial score (nSPS) is 26.5. The van der Waals surface area contributed by atoms with Crippen molar-refractivity contribution in [2.24, 2.45) is 11.8 Å². The second kappa shape index (κ2) is 21.4. The maximum atomic E-state index is 14.1. The summed E-state index contributed by atoms with van der Waals surface area (Å²) < 4.78 is 38.8. The molecule has 0 N–H and O–H groups in total. The fraction of sp³-hybridized carbons (Fsp3) is 0.515. The van der Waals surface area contributed by atoms with E-state index in [-0.39, 0.29) is 35.2 Å². The molecule has 4 aliphatic heterocycles. The molecule has 0 radical (unpaired) electrons. The number of allylic oxidation sites excluding steroid dienone is 6. The van der Waals surface area contributed by atoms with Crippen molar-refractivity contribution in [3.63, 3.8) is 0 Å². The van der Waals surface area contributed by atoms with Crippen molar-refractivity contribution in [2.45, 2.75) is 156 Å². The van der Waals surface area contributed by atoms with Gasteiger partial charge < -0.3 is 47.4 Å². The fourth-order valence-electron chi connectivity index (χ4n) is 14.4. The van der Waals surface area contributed by atoms with Crippen molar-refractivity contribution >= 4 is 23.4 Å². The van der Waals surface area contributed by atoms with Crippen molar-refractivity contribution in [3.8, 4) is 45.6 Å². The number of furan rings is 2. The Kier molecular flexibility index (Phi) is 14.8. The lowest BCUT2D eigenvalue weighted by molar-refractivity contribution is -0.123. The van der Waals surface area contributed by atoms with E-state index in [9.17, 15) is 19.2 Å². The van der Waals surface area contributed by atoms with Crippen molar-refractivity contribution in [1.29, 1.82) is 0 Å². The molecule has 4 aliphatic carbocycles. The van der Waals surface area contributed by atoms with E-state index in [1.807, 2.05) is 89.5 Å². The largest absolute Gasteiger partial charge is 0.464 e. The number of ether oxygens (including phenoxy) is 4. The molecule has 6 heterocycles. The van der Waals surface area contributed by atoms with E-state index in [2.05, 4.69) is 50.1 Å². The summed E-state index contributed by atoms with van der Waals surface area (Å²) in [5.74, 6) is 2.95. The van der Waals surface area contributed by atoms with Gasteiger partial charge >= 0.3 is 0 Å². The number of Topliss-reactive ketones (excluding diaryl/α,β-unsaturated/α-hetero) is 2. The zero-order valence-electron chi connectivity index (χ0n) is 49.1. The van der Waals surface area contributed by atoms with Crippen LogP contribution in [0.5, 0.6) is 23.0 Å². The Labute approximate surface area is 471 Å². The molecule has 4 aromatic rings. The second-order valence-electron chi connectivity index (χ2n) is 24.8. The number of carbonyl (C=O) groups excluding carboxylic acids is 4. The second-order valence-corrected chi connectivity index (χ2v) is 24.8. The minimum absolute atomic E-state index is 0.0718. The first kappa shape index (κ1) is 55.3. The molecule has 0 unspecified atom stereocenters. The number of amides is 2. The average Bonchev–Trinajstić information content (AvgIpc) is 4.40. The average molecular weight is 1090 g/mol. The third-order valence-electron chi connectivity index (χ3n) is 19.0. The van der Waals surface area contributed by atoms with Crippen LogP contribution in [-0.4, -0.2) is 121 Å². The predicted molar refractivity (Wildman–Crippen MR) is 307 cm³/mol. The first-order valence-electron chi connectivity index (χ1n) is 29.1.